The molecule has 4 heteroatoms. The van der Waals surface area contributed by atoms with Crippen LogP contribution in [-0.2, 0) is 0 Å². The number of aromatic nitrogens is 3. The van der Waals surface area contributed by atoms with Crippen molar-refractivity contribution in [1.29, 1.82) is 0 Å². The van der Waals surface area contributed by atoms with Crippen LogP contribution in [0.2, 0.25) is 0 Å². The lowest BCUT2D eigenvalue weighted by Crippen LogP contribution is -1.97. The second-order valence-corrected chi connectivity index (χ2v) is 15.1. The third-order valence-corrected chi connectivity index (χ3v) is 11.7. The van der Waals surface area contributed by atoms with E-state index in [9.17, 15) is 0 Å². The fourth-order valence-corrected chi connectivity index (χ4v) is 9.03. The van der Waals surface area contributed by atoms with Crippen molar-refractivity contribution in [2.45, 2.75) is 0 Å². The Morgan fingerprint density at radius 2 is 0.949 bits per heavy atom. The highest BCUT2D eigenvalue weighted by atomic mass is 16.3. The average Bonchev–Trinajstić information content (AvgIpc) is 4.00. The van der Waals surface area contributed by atoms with Gasteiger partial charge >= 0.3 is 0 Å². The van der Waals surface area contributed by atoms with Crippen molar-refractivity contribution in [3.63, 3.8) is 0 Å². The SMILES string of the molecule is c1ccc(-c2cccc(-c3cc(-c4ccc(-c5nc6ccccc6n5-c5ccccc5)cc4)c4c(c3)oc3c(-n5c6ccccc6c6ccccc65)cccc34)c2)cc1. The van der Waals surface area contributed by atoms with Crippen LogP contribution < -0.4 is 0 Å². The van der Waals surface area contributed by atoms with Crippen molar-refractivity contribution >= 4 is 54.8 Å². The molecule has 276 valence electrons. The van der Waals surface area contributed by atoms with Crippen molar-refractivity contribution in [3.8, 4) is 56.1 Å². The molecule has 0 aliphatic rings. The molecule has 0 amide bonds. The Morgan fingerprint density at radius 3 is 1.69 bits per heavy atom. The number of fused-ring (bicyclic) bond motifs is 7. The number of hydrogen-bond donors (Lipinski definition) is 0. The molecule has 3 heterocycles. The number of nitrogens with zero attached hydrogens (tertiary/aromatic N) is 3. The van der Waals surface area contributed by atoms with Crippen molar-refractivity contribution in [2.75, 3.05) is 0 Å². The Morgan fingerprint density at radius 1 is 0.373 bits per heavy atom. The first-order valence-electron chi connectivity index (χ1n) is 20.0. The van der Waals surface area contributed by atoms with Crippen molar-refractivity contribution in [3.05, 3.63) is 212 Å². The van der Waals surface area contributed by atoms with Gasteiger partial charge in [-0.3, -0.25) is 4.57 Å². The van der Waals surface area contributed by atoms with E-state index in [0.717, 1.165) is 89.0 Å². The number of hydrogen-bond acceptors (Lipinski definition) is 2. The maximum absolute atomic E-state index is 7.10. The summed E-state index contributed by atoms with van der Waals surface area (Å²) in [4.78, 5) is 5.15. The molecule has 12 rings (SSSR count). The van der Waals surface area contributed by atoms with Gasteiger partial charge in [-0.25, -0.2) is 4.98 Å². The Hall–Kier alpha value is -7.95. The zero-order chi connectivity index (χ0) is 38.9. The minimum Gasteiger partial charge on any atom is -0.454 e. The monoisotopic (exact) mass is 753 g/mol. The molecule has 59 heavy (non-hydrogen) atoms. The molecule has 0 unspecified atom stereocenters. The Labute approximate surface area is 340 Å². The lowest BCUT2D eigenvalue weighted by atomic mass is 9.92. The second kappa shape index (κ2) is 13.3. The first kappa shape index (κ1) is 33.2. The number of furan rings is 1. The highest BCUT2D eigenvalue weighted by Gasteiger charge is 2.21. The van der Waals surface area contributed by atoms with Gasteiger partial charge in [0.15, 0.2) is 5.58 Å². The summed E-state index contributed by atoms with van der Waals surface area (Å²) in [5.74, 6) is 0.908. The summed E-state index contributed by atoms with van der Waals surface area (Å²) in [5, 5.41) is 4.61. The van der Waals surface area contributed by atoms with E-state index in [1.165, 1.54) is 21.9 Å². The summed E-state index contributed by atoms with van der Waals surface area (Å²) in [6.07, 6.45) is 0. The van der Waals surface area contributed by atoms with Gasteiger partial charge in [0, 0.05) is 32.8 Å². The zero-order valence-corrected chi connectivity index (χ0v) is 32.0. The van der Waals surface area contributed by atoms with Crippen LogP contribution in [0.5, 0.6) is 0 Å². The molecule has 0 spiro atoms. The molecule has 0 aliphatic heterocycles. The summed E-state index contributed by atoms with van der Waals surface area (Å²) < 4.78 is 11.7. The third-order valence-electron chi connectivity index (χ3n) is 11.7. The van der Waals surface area contributed by atoms with Crippen LogP contribution in [0.1, 0.15) is 0 Å². The lowest BCUT2D eigenvalue weighted by Gasteiger charge is -2.12. The van der Waals surface area contributed by atoms with Gasteiger partial charge in [0.05, 0.1) is 27.8 Å². The predicted octanol–water partition coefficient (Wildman–Crippen LogP) is 14.7. The van der Waals surface area contributed by atoms with Crippen LogP contribution >= 0.6 is 0 Å². The minimum absolute atomic E-state index is 0.848. The van der Waals surface area contributed by atoms with Crippen LogP contribution in [0.3, 0.4) is 0 Å². The molecule has 4 nitrogen and oxygen atoms in total. The smallest absolute Gasteiger partial charge is 0.159 e. The van der Waals surface area contributed by atoms with Gasteiger partial charge in [-0.05, 0) is 94.0 Å². The van der Waals surface area contributed by atoms with Crippen LogP contribution in [0, 0.1) is 0 Å². The van der Waals surface area contributed by atoms with Crippen LogP contribution in [0.4, 0.5) is 0 Å². The van der Waals surface area contributed by atoms with Crippen molar-refractivity contribution < 1.29 is 4.42 Å². The number of para-hydroxylation sites is 6. The van der Waals surface area contributed by atoms with Gasteiger partial charge < -0.3 is 8.98 Å². The number of benzene rings is 9. The van der Waals surface area contributed by atoms with Crippen LogP contribution in [0.15, 0.2) is 217 Å². The molecular weight excluding hydrogens is 719 g/mol. The maximum Gasteiger partial charge on any atom is 0.159 e. The summed E-state index contributed by atoms with van der Waals surface area (Å²) >= 11 is 0. The van der Waals surface area contributed by atoms with E-state index in [4.69, 9.17) is 9.40 Å². The van der Waals surface area contributed by atoms with Crippen molar-refractivity contribution in [2.24, 2.45) is 0 Å². The summed E-state index contributed by atoms with van der Waals surface area (Å²) in [6, 6.07) is 75.5. The summed E-state index contributed by atoms with van der Waals surface area (Å²) in [6.45, 7) is 0. The molecule has 12 aromatic rings. The Balaban J connectivity index is 1.08. The topological polar surface area (TPSA) is 35.9 Å². The first-order valence-corrected chi connectivity index (χ1v) is 20.0. The maximum atomic E-state index is 7.10. The highest BCUT2D eigenvalue weighted by molar-refractivity contribution is 6.17. The van der Waals surface area contributed by atoms with Crippen molar-refractivity contribution in [1.82, 2.24) is 14.1 Å². The molecular formula is C55H35N3O. The normalized spacial score (nSPS) is 11.7. The van der Waals surface area contributed by atoms with Gasteiger partial charge in [0.25, 0.3) is 0 Å². The van der Waals surface area contributed by atoms with Gasteiger partial charge in [0.2, 0.25) is 0 Å². The predicted molar refractivity (Wildman–Crippen MR) is 244 cm³/mol. The summed E-state index contributed by atoms with van der Waals surface area (Å²) in [7, 11) is 0. The van der Waals surface area contributed by atoms with Gasteiger partial charge in [-0.15, -0.1) is 0 Å². The molecule has 9 aromatic carbocycles. The van der Waals surface area contributed by atoms with Crippen LogP contribution in [0.25, 0.3) is 111 Å². The second-order valence-electron chi connectivity index (χ2n) is 15.1. The minimum atomic E-state index is 0.848. The highest BCUT2D eigenvalue weighted by Crippen LogP contribution is 2.44. The van der Waals surface area contributed by atoms with Gasteiger partial charge in [-0.2, -0.15) is 0 Å². The molecule has 0 bridgehead atoms. The number of rotatable bonds is 6. The molecule has 0 radical (unpaired) electrons. The van der Waals surface area contributed by atoms with Gasteiger partial charge in [0.1, 0.15) is 11.4 Å². The van der Waals surface area contributed by atoms with E-state index < -0.39 is 0 Å². The van der Waals surface area contributed by atoms with E-state index in [2.05, 4.69) is 215 Å². The van der Waals surface area contributed by atoms with E-state index in [1.807, 2.05) is 6.07 Å². The fourth-order valence-electron chi connectivity index (χ4n) is 9.03. The third kappa shape index (κ3) is 5.34. The molecule has 3 aromatic heterocycles. The lowest BCUT2D eigenvalue weighted by molar-refractivity contribution is 0.666. The summed E-state index contributed by atoms with van der Waals surface area (Å²) in [5.41, 5.74) is 16.0. The quantitative estimate of drug-likeness (QED) is 0.169. The van der Waals surface area contributed by atoms with Crippen LogP contribution in [-0.4, -0.2) is 14.1 Å². The van der Waals surface area contributed by atoms with E-state index in [0.29, 0.717) is 0 Å². The van der Waals surface area contributed by atoms with E-state index in [-0.39, 0.29) is 0 Å². The van der Waals surface area contributed by atoms with Gasteiger partial charge in [-0.1, -0.05) is 152 Å². The molecule has 0 saturated heterocycles. The number of imidazole rings is 1. The molecule has 0 fully saturated rings. The molecule has 0 saturated carbocycles. The molecule has 0 atom stereocenters. The van der Waals surface area contributed by atoms with E-state index >= 15 is 0 Å². The average molecular weight is 754 g/mol. The molecule has 0 N–H and O–H groups in total. The zero-order valence-electron chi connectivity index (χ0n) is 32.0. The van der Waals surface area contributed by atoms with E-state index in [1.54, 1.807) is 0 Å². The standard InChI is InChI=1S/C55H35N3O/c1-3-15-36(16-4-1)39-17-13-18-40(33-39)41-34-46(37-29-31-38(32-30-37)55-56-47-24-9-12-27-50(47)57(55)42-19-5-2-6-20-42)53-45-23-14-28-51(54(45)59-52(53)35-41)58-48-25-10-7-21-43(48)44-22-8-11-26-49(44)58/h1-35H. The molecule has 0 aliphatic carbocycles. The Kier molecular flexibility index (Phi) is 7.50. The largest absolute Gasteiger partial charge is 0.454 e. The fraction of sp³-hybridized carbons (Fsp3) is 0. The Bertz CT molecular complexity index is 3480. The first-order chi connectivity index (χ1) is 29.3.